The first kappa shape index (κ1) is 65.5. The molecule has 0 fully saturated rings. The lowest BCUT2D eigenvalue weighted by Crippen LogP contribution is -2.21. The van der Waals surface area contributed by atoms with Crippen LogP contribution in [-0.4, -0.2) is 109 Å². The molecule has 19 heteroatoms. The summed E-state index contributed by atoms with van der Waals surface area (Å²) in [6.07, 6.45) is 0. The standard InChI is InChI=1S/C32H26N2O6S.C28H22N2O4S.C6H15N.C2H3ClO/c1-19-7-4-5-8-24(19)30(33-40-21(3)36)32(38)23-11-13-28-26(18-23)25-17-22(31(37)29-9-6-16-41-29)10-12-27(25)34(28)14-15-39-20(2)35;1-17-5-2-3-6-20(17)26(29-34)28(33)19-9-11-24-22(16-19)21-15-18(27(32)25-7-4-14-35-25)8-10-23(21)30(24)12-13-31;1-4-7(5-2)6-3;1-2(3)4/h4-13,16-18H,14-15H2,1-3H3;2-11,14-16,31,34H,12-13H2,1H3;4-6H2,1-3H3;1H3/b33-30+;29-26+;;. The highest BCUT2D eigenvalue weighted by Crippen LogP contribution is 2.34. The van der Waals surface area contributed by atoms with Crippen molar-refractivity contribution in [1.29, 1.82) is 0 Å². The van der Waals surface area contributed by atoms with Gasteiger partial charge in [-0.25, -0.2) is 4.79 Å². The molecule has 10 aromatic rings. The van der Waals surface area contributed by atoms with Crippen LogP contribution in [0.5, 0.6) is 0 Å². The molecule has 0 bridgehead atoms. The molecule has 0 atom stereocenters. The monoisotopic (exact) mass is 1230 g/mol. The first-order valence-electron chi connectivity index (χ1n) is 28.0. The van der Waals surface area contributed by atoms with Crippen molar-refractivity contribution in [3.63, 3.8) is 0 Å². The van der Waals surface area contributed by atoms with Gasteiger partial charge in [0.25, 0.3) is 0 Å². The maximum Gasteiger partial charge on any atom is 0.332 e. The van der Waals surface area contributed by atoms with Crippen LogP contribution in [0.2, 0.25) is 0 Å². The Morgan fingerprint density at radius 3 is 1.28 bits per heavy atom. The van der Waals surface area contributed by atoms with Gasteiger partial charge in [-0.2, -0.15) is 0 Å². The number of esters is 1. The smallest absolute Gasteiger partial charge is 0.332 e. The first-order chi connectivity index (χ1) is 41.8. The van der Waals surface area contributed by atoms with Gasteiger partial charge in [0.2, 0.25) is 28.4 Å². The largest absolute Gasteiger partial charge is 0.464 e. The summed E-state index contributed by atoms with van der Waals surface area (Å²) in [7, 11) is 0. The van der Waals surface area contributed by atoms with Crippen LogP contribution in [0, 0.1) is 13.8 Å². The Bertz CT molecular complexity index is 4200. The lowest BCUT2D eigenvalue weighted by molar-refractivity contribution is -0.142. The molecule has 2 N–H and O–H groups in total. The second-order valence-corrected chi connectivity index (χ2v) is 22.2. The summed E-state index contributed by atoms with van der Waals surface area (Å²) >= 11 is 7.40. The Hall–Kier alpha value is -9.04. The lowest BCUT2D eigenvalue weighted by Gasteiger charge is -2.13. The number of carbonyl (C=O) groups excluding carboxylic acids is 7. The number of aliphatic hydroxyl groups excluding tert-OH is 1. The van der Waals surface area contributed by atoms with E-state index in [9.17, 15) is 43.9 Å². The third-order valence-corrected chi connectivity index (χ3v) is 15.9. The number of Topliss-reactive ketones (excluding diaryl/α,β-unsaturated/α-hetero) is 2. The molecule has 0 saturated carbocycles. The van der Waals surface area contributed by atoms with E-state index in [1.165, 1.54) is 63.1 Å². The van der Waals surface area contributed by atoms with E-state index in [1.54, 1.807) is 72.8 Å². The SMILES string of the molecule is CC(=O)Cl.CC(=O)OCCn1c2ccc(C(=O)/C(=N/OC(C)=O)c3ccccc3C)cc2c2cc(C(=O)c3cccs3)ccc21.CCN(CC)CC.Cc1ccccc1/C(=N\O)C(=O)c1ccc2c(c1)c1cc(C(=O)c3cccs3)ccc1n2CCO. The third kappa shape index (κ3) is 15.9. The Labute approximate surface area is 516 Å². The second kappa shape index (κ2) is 30.9. The number of aromatic nitrogens is 2. The molecule has 4 heterocycles. The molecule has 10 rings (SSSR count). The van der Waals surface area contributed by atoms with Gasteiger partial charge < -0.3 is 33.9 Å². The minimum absolute atomic E-state index is 0.00445. The Morgan fingerprint density at radius 2 is 0.920 bits per heavy atom. The zero-order chi connectivity index (χ0) is 62.9. The van der Waals surface area contributed by atoms with Gasteiger partial charge in [-0.3, -0.25) is 28.8 Å². The van der Waals surface area contributed by atoms with E-state index in [0.717, 1.165) is 54.7 Å². The zero-order valence-corrected chi connectivity index (χ0v) is 51.8. The van der Waals surface area contributed by atoms with Gasteiger partial charge >= 0.3 is 11.9 Å². The van der Waals surface area contributed by atoms with E-state index in [1.807, 2.05) is 107 Å². The maximum absolute atomic E-state index is 13.8. The van der Waals surface area contributed by atoms with Crippen molar-refractivity contribution in [3.05, 3.63) is 211 Å². The summed E-state index contributed by atoms with van der Waals surface area (Å²) in [6.45, 7) is 18.6. The summed E-state index contributed by atoms with van der Waals surface area (Å²) < 4.78 is 9.17. The molecule has 0 aliphatic rings. The van der Waals surface area contributed by atoms with Crippen LogP contribution in [-0.2, 0) is 37.0 Å². The third-order valence-electron chi connectivity index (χ3n) is 14.1. The van der Waals surface area contributed by atoms with E-state index >= 15 is 0 Å². The number of hydrogen-bond donors (Lipinski definition) is 2. The number of thiophene rings is 2. The summed E-state index contributed by atoms with van der Waals surface area (Å²) in [5.41, 5.74) is 7.81. The van der Waals surface area contributed by atoms with Crippen LogP contribution in [0.4, 0.5) is 0 Å². The average Bonchev–Trinajstić information content (AvgIpc) is 2.57. The molecule has 6 aromatic carbocycles. The highest BCUT2D eigenvalue weighted by molar-refractivity contribution is 7.12. The van der Waals surface area contributed by atoms with Crippen LogP contribution in [0.1, 0.15) is 115 Å². The summed E-state index contributed by atoms with van der Waals surface area (Å²) in [4.78, 5) is 94.1. The molecular weight excluding hydrogens is 1160 g/mol. The number of aryl methyl sites for hydroxylation is 2. The molecule has 0 saturated heterocycles. The van der Waals surface area contributed by atoms with E-state index in [2.05, 4.69) is 47.6 Å². The number of carbonyl (C=O) groups is 7. The molecule has 0 amide bonds. The topological polar surface area (TPSA) is 216 Å². The summed E-state index contributed by atoms with van der Waals surface area (Å²) in [5.74, 6) is -2.00. The van der Waals surface area contributed by atoms with Gasteiger partial charge in [0.05, 0.1) is 22.9 Å². The zero-order valence-electron chi connectivity index (χ0n) is 49.5. The van der Waals surface area contributed by atoms with Crippen molar-refractivity contribution >= 4 is 130 Å². The molecule has 448 valence electrons. The Balaban J connectivity index is 0.000000214. The van der Waals surface area contributed by atoms with Crippen LogP contribution in [0.15, 0.2) is 167 Å². The number of nitrogens with zero attached hydrogens (tertiary/aromatic N) is 5. The van der Waals surface area contributed by atoms with Crippen molar-refractivity contribution in [2.24, 2.45) is 10.3 Å². The number of ether oxygens (including phenoxy) is 1. The number of benzene rings is 6. The summed E-state index contributed by atoms with van der Waals surface area (Å²) in [5, 5.41) is 33.0. The Kier molecular flexibility index (Phi) is 23.2. The number of fused-ring (bicyclic) bond motifs is 6. The number of rotatable bonds is 19. The van der Waals surface area contributed by atoms with Crippen LogP contribution < -0.4 is 0 Å². The van der Waals surface area contributed by atoms with Crippen molar-refractivity contribution < 1.29 is 53.4 Å². The minimum Gasteiger partial charge on any atom is -0.464 e. The highest BCUT2D eigenvalue weighted by atomic mass is 35.5. The second-order valence-electron chi connectivity index (χ2n) is 19.8. The normalized spacial score (nSPS) is 11.3. The first-order valence-corrected chi connectivity index (χ1v) is 30.1. The number of oxime groups is 2. The van der Waals surface area contributed by atoms with Gasteiger partial charge in [-0.15, -0.1) is 22.7 Å². The summed E-state index contributed by atoms with van der Waals surface area (Å²) in [6, 6.07) is 43.2. The van der Waals surface area contributed by atoms with Crippen molar-refractivity contribution in [3.8, 4) is 0 Å². The Morgan fingerprint density at radius 1 is 0.529 bits per heavy atom. The fraction of sp³-hybridized carbons (Fsp3) is 0.221. The maximum atomic E-state index is 13.8. The molecular formula is C68H66ClN5O11S2. The quantitative estimate of drug-likeness (QED) is 0.0147. The van der Waals surface area contributed by atoms with Gasteiger partial charge in [-0.1, -0.05) is 91.7 Å². The molecule has 0 aliphatic carbocycles. The number of ketones is 4. The van der Waals surface area contributed by atoms with E-state index in [4.69, 9.17) is 9.57 Å². The lowest BCUT2D eigenvalue weighted by atomic mass is 9.96. The molecule has 0 spiro atoms. The number of halogens is 1. The van der Waals surface area contributed by atoms with E-state index < -0.39 is 17.5 Å². The number of hydrogen-bond acceptors (Lipinski definition) is 16. The van der Waals surface area contributed by atoms with Gasteiger partial charge in [0.1, 0.15) is 6.61 Å². The molecule has 16 nitrogen and oxygen atoms in total. The molecule has 0 radical (unpaired) electrons. The van der Waals surface area contributed by atoms with Crippen LogP contribution in [0.3, 0.4) is 0 Å². The minimum atomic E-state index is -0.641. The van der Waals surface area contributed by atoms with Crippen molar-refractivity contribution in [2.45, 2.75) is 68.5 Å². The average molecular weight is 1230 g/mol. The highest BCUT2D eigenvalue weighted by Gasteiger charge is 2.24. The fourth-order valence-electron chi connectivity index (χ4n) is 9.90. The molecule has 0 aliphatic heterocycles. The van der Waals surface area contributed by atoms with Crippen molar-refractivity contribution in [2.75, 3.05) is 32.8 Å². The van der Waals surface area contributed by atoms with Crippen molar-refractivity contribution in [1.82, 2.24) is 14.0 Å². The van der Waals surface area contributed by atoms with Gasteiger partial charge in [-0.05, 0) is 152 Å². The van der Waals surface area contributed by atoms with E-state index in [-0.39, 0.29) is 47.4 Å². The predicted octanol–water partition coefficient (Wildman–Crippen LogP) is 13.7. The van der Waals surface area contributed by atoms with Gasteiger partial charge in [0.15, 0.2) is 11.4 Å². The van der Waals surface area contributed by atoms with Crippen LogP contribution >= 0.6 is 34.3 Å². The molecule has 4 aromatic heterocycles. The molecule has 87 heavy (non-hydrogen) atoms. The van der Waals surface area contributed by atoms with Gasteiger partial charge in [0, 0.05) is 104 Å². The number of aliphatic hydroxyl groups is 1. The predicted molar refractivity (Wildman–Crippen MR) is 346 cm³/mol. The van der Waals surface area contributed by atoms with Crippen LogP contribution in [0.25, 0.3) is 43.6 Å². The fourth-order valence-corrected chi connectivity index (χ4v) is 11.3. The molecule has 0 unspecified atom stereocenters. The van der Waals surface area contributed by atoms with E-state index in [0.29, 0.717) is 56.2 Å².